The number of hydrogen-bond donors (Lipinski definition) is 1. The number of rotatable bonds is 1. The summed E-state index contributed by atoms with van der Waals surface area (Å²) in [5.41, 5.74) is 8.12. The zero-order valence-electron chi connectivity index (χ0n) is 6.40. The van der Waals surface area contributed by atoms with Crippen molar-refractivity contribution in [1.82, 2.24) is 4.98 Å². The van der Waals surface area contributed by atoms with Gasteiger partial charge in [0, 0.05) is 11.3 Å². The number of oxazole rings is 1. The van der Waals surface area contributed by atoms with Gasteiger partial charge >= 0.3 is 0 Å². The van der Waals surface area contributed by atoms with Gasteiger partial charge in [0.05, 0.1) is 0 Å². The fraction of sp³-hybridized carbons (Fsp3) is 0. The Hall–Kier alpha value is -1.77. The van der Waals surface area contributed by atoms with Crippen molar-refractivity contribution in [2.24, 2.45) is 0 Å². The normalized spacial score (nSPS) is 10.0. The third kappa shape index (κ3) is 1.16. The lowest BCUT2D eigenvalue weighted by molar-refractivity contribution is 0.558. The van der Waals surface area contributed by atoms with Gasteiger partial charge in [0.15, 0.2) is 6.39 Å². The molecular weight excluding hydrogens is 152 g/mol. The Bertz CT molecular complexity index is 368. The van der Waals surface area contributed by atoms with Crippen LogP contribution in [0.3, 0.4) is 0 Å². The molecule has 0 aliphatic carbocycles. The van der Waals surface area contributed by atoms with Crippen LogP contribution in [0.4, 0.5) is 5.69 Å². The number of nitrogens with two attached hydrogens (primary N) is 1. The Morgan fingerprint density at radius 1 is 1.33 bits per heavy atom. The van der Waals surface area contributed by atoms with Gasteiger partial charge in [-0.1, -0.05) is 12.1 Å². The maximum absolute atomic E-state index is 5.61. The van der Waals surface area contributed by atoms with Crippen LogP contribution in [0.15, 0.2) is 41.3 Å². The highest BCUT2D eigenvalue weighted by atomic mass is 16.3. The van der Waals surface area contributed by atoms with Gasteiger partial charge in [-0.2, -0.15) is 0 Å². The van der Waals surface area contributed by atoms with Gasteiger partial charge in [0.1, 0.15) is 12.0 Å². The van der Waals surface area contributed by atoms with Gasteiger partial charge in [-0.25, -0.2) is 4.98 Å². The van der Waals surface area contributed by atoms with Gasteiger partial charge in [0.2, 0.25) is 0 Å². The fourth-order valence-corrected chi connectivity index (χ4v) is 1.05. The first-order chi connectivity index (χ1) is 5.86. The molecule has 0 saturated heterocycles. The highest BCUT2D eigenvalue weighted by Crippen LogP contribution is 2.18. The van der Waals surface area contributed by atoms with Crippen LogP contribution >= 0.6 is 0 Å². The van der Waals surface area contributed by atoms with E-state index in [0.717, 1.165) is 16.9 Å². The van der Waals surface area contributed by atoms with E-state index in [0.29, 0.717) is 0 Å². The van der Waals surface area contributed by atoms with E-state index in [1.54, 1.807) is 6.26 Å². The van der Waals surface area contributed by atoms with Gasteiger partial charge in [-0.15, -0.1) is 0 Å². The number of anilines is 1. The van der Waals surface area contributed by atoms with Crippen LogP contribution in [0.5, 0.6) is 0 Å². The Labute approximate surface area is 69.8 Å². The second-order valence-corrected chi connectivity index (χ2v) is 2.50. The monoisotopic (exact) mass is 160 g/mol. The molecule has 3 heteroatoms. The predicted molar refractivity (Wildman–Crippen MR) is 46.4 cm³/mol. The fourth-order valence-electron chi connectivity index (χ4n) is 1.05. The second kappa shape index (κ2) is 2.70. The second-order valence-electron chi connectivity index (χ2n) is 2.50. The van der Waals surface area contributed by atoms with Gasteiger partial charge < -0.3 is 10.2 Å². The zero-order valence-corrected chi connectivity index (χ0v) is 6.40. The summed E-state index contributed by atoms with van der Waals surface area (Å²) in [4.78, 5) is 4.01. The molecule has 0 fully saturated rings. The number of benzene rings is 1. The summed E-state index contributed by atoms with van der Waals surface area (Å²) in [7, 11) is 0. The van der Waals surface area contributed by atoms with Crippen LogP contribution in [0.2, 0.25) is 0 Å². The van der Waals surface area contributed by atoms with Crippen LogP contribution in [0.1, 0.15) is 0 Å². The lowest BCUT2D eigenvalue weighted by Gasteiger charge is -1.95. The van der Waals surface area contributed by atoms with Crippen LogP contribution in [0.25, 0.3) is 11.3 Å². The first kappa shape index (κ1) is 6.91. The lowest BCUT2D eigenvalue weighted by Crippen LogP contribution is -1.84. The molecule has 0 saturated carbocycles. The van der Waals surface area contributed by atoms with Crippen molar-refractivity contribution in [2.75, 3.05) is 5.73 Å². The molecule has 1 aromatic carbocycles. The highest BCUT2D eigenvalue weighted by Gasteiger charge is 1.99. The number of nitrogen functional groups attached to an aromatic ring is 1. The molecule has 1 aromatic heterocycles. The first-order valence-corrected chi connectivity index (χ1v) is 3.60. The van der Waals surface area contributed by atoms with Crippen LogP contribution in [-0.2, 0) is 0 Å². The summed E-state index contributed by atoms with van der Waals surface area (Å²) < 4.78 is 4.86. The summed E-state index contributed by atoms with van der Waals surface area (Å²) in [6.45, 7) is 0. The van der Waals surface area contributed by atoms with E-state index >= 15 is 0 Å². The largest absolute Gasteiger partial charge is 0.451 e. The zero-order chi connectivity index (χ0) is 8.39. The molecule has 12 heavy (non-hydrogen) atoms. The highest BCUT2D eigenvalue weighted by molar-refractivity contribution is 5.62. The molecule has 0 radical (unpaired) electrons. The molecule has 0 spiro atoms. The van der Waals surface area contributed by atoms with Crippen LogP contribution in [-0.4, -0.2) is 4.98 Å². The summed E-state index contributed by atoms with van der Waals surface area (Å²) in [6.07, 6.45) is 2.99. The molecule has 0 aliphatic rings. The van der Waals surface area contributed by atoms with Crippen molar-refractivity contribution in [2.45, 2.75) is 0 Å². The third-order valence-electron chi connectivity index (χ3n) is 1.61. The van der Waals surface area contributed by atoms with E-state index in [9.17, 15) is 0 Å². The van der Waals surface area contributed by atoms with Crippen molar-refractivity contribution in [3.63, 3.8) is 0 Å². The molecule has 60 valence electrons. The standard InChI is InChI=1S/C9H8N2O/c10-8-3-1-2-7(4-8)9-5-12-6-11-9/h1-6H,10H2. The van der Waals surface area contributed by atoms with Crippen molar-refractivity contribution in [3.05, 3.63) is 36.9 Å². The van der Waals surface area contributed by atoms with E-state index < -0.39 is 0 Å². The Kier molecular flexibility index (Phi) is 1.55. The predicted octanol–water partition coefficient (Wildman–Crippen LogP) is 1.92. The Balaban J connectivity index is 2.48. The average Bonchev–Trinajstić information content (AvgIpc) is 2.56. The Morgan fingerprint density at radius 2 is 2.25 bits per heavy atom. The maximum atomic E-state index is 5.61. The molecule has 0 unspecified atom stereocenters. The summed E-state index contributed by atoms with van der Waals surface area (Å²) in [5, 5.41) is 0. The summed E-state index contributed by atoms with van der Waals surface area (Å²) in [6, 6.07) is 7.52. The molecule has 3 nitrogen and oxygen atoms in total. The van der Waals surface area contributed by atoms with Gasteiger partial charge in [0.25, 0.3) is 0 Å². The molecular formula is C9H8N2O. The first-order valence-electron chi connectivity index (χ1n) is 3.60. The molecule has 2 N–H and O–H groups in total. The minimum atomic E-state index is 0.732. The summed E-state index contributed by atoms with van der Waals surface area (Å²) >= 11 is 0. The quantitative estimate of drug-likeness (QED) is 0.648. The molecule has 0 atom stereocenters. The van der Waals surface area contributed by atoms with E-state index in [1.165, 1.54) is 6.39 Å². The number of hydrogen-bond acceptors (Lipinski definition) is 3. The summed E-state index contributed by atoms with van der Waals surface area (Å²) in [5.74, 6) is 0. The van der Waals surface area contributed by atoms with Crippen LogP contribution in [0, 0.1) is 0 Å². The lowest BCUT2D eigenvalue weighted by atomic mass is 10.1. The van der Waals surface area contributed by atoms with Gasteiger partial charge in [-0.3, -0.25) is 0 Å². The van der Waals surface area contributed by atoms with Crippen molar-refractivity contribution in [1.29, 1.82) is 0 Å². The SMILES string of the molecule is Nc1cccc(-c2cocn2)c1. The third-order valence-corrected chi connectivity index (χ3v) is 1.61. The number of nitrogens with zero attached hydrogens (tertiary/aromatic N) is 1. The molecule has 2 aromatic rings. The minimum absolute atomic E-state index is 0.732. The average molecular weight is 160 g/mol. The maximum Gasteiger partial charge on any atom is 0.181 e. The van der Waals surface area contributed by atoms with Crippen LogP contribution < -0.4 is 5.73 Å². The molecule has 0 aliphatic heterocycles. The number of aromatic nitrogens is 1. The van der Waals surface area contributed by atoms with Crippen molar-refractivity contribution < 1.29 is 4.42 Å². The van der Waals surface area contributed by atoms with E-state index in [1.807, 2.05) is 24.3 Å². The van der Waals surface area contributed by atoms with Gasteiger partial charge in [-0.05, 0) is 12.1 Å². The van der Waals surface area contributed by atoms with E-state index in [2.05, 4.69) is 4.98 Å². The molecule has 0 bridgehead atoms. The molecule has 1 heterocycles. The topological polar surface area (TPSA) is 52.0 Å². The Morgan fingerprint density at radius 3 is 2.92 bits per heavy atom. The smallest absolute Gasteiger partial charge is 0.181 e. The molecule has 0 amide bonds. The van der Waals surface area contributed by atoms with E-state index in [4.69, 9.17) is 10.2 Å². The van der Waals surface area contributed by atoms with E-state index in [-0.39, 0.29) is 0 Å². The van der Waals surface area contributed by atoms with Crippen molar-refractivity contribution in [3.8, 4) is 11.3 Å². The minimum Gasteiger partial charge on any atom is -0.451 e. The van der Waals surface area contributed by atoms with Crippen molar-refractivity contribution >= 4 is 5.69 Å². The molecule has 2 rings (SSSR count).